The second-order valence-electron chi connectivity index (χ2n) is 4.38. The second-order valence-corrected chi connectivity index (χ2v) is 4.38. The molecule has 0 aliphatic carbocycles. The molecule has 104 valence electrons. The molecule has 4 N–H and O–H groups in total. The van der Waals surface area contributed by atoms with Crippen LogP contribution in [-0.2, 0) is 4.74 Å². The Labute approximate surface area is 112 Å². The van der Waals surface area contributed by atoms with Crippen molar-refractivity contribution in [2.24, 2.45) is 0 Å². The minimum Gasteiger partial charge on any atom is -0.399 e. The third-order valence-corrected chi connectivity index (χ3v) is 2.92. The lowest BCUT2D eigenvalue weighted by Gasteiger charge is -2.28. The SMILES string of the molecule is CCNC(=O)c1ccc(N)cc1NN1CCOCC1. The van der Waals surface area contributed by atoms with Gasteiger partial charge in [-0.05, 0) is 25.1 Å². The third kappa shape index (κ3) is 3.59. The molecule has 1 aromatic rings. The number of benzene rings is 1. The minimum absolute atomic E-state index is 0.0988. The van der Waals surface area contributed by atoms with E-state index >= 15 is 0 Å². The normalized spacial score (nSPS) is 16.1. The predicted octanol–water partition coefficient (Wildman–Crippen LogP) is 0.678. The fourth-order valence-corrected chi connectivity index (χ4v) is 1.95. The Morgan fingerprint density at radius 1 is 1.42 bits per heavy atom. The van der Waals surface area contributed by atoms with E-state index < -0.39 is 0 Å². The second kappa shape index (κ2) is 6.40. The Morgan fingerprint density at radius 2 is 2.16 bits per heavy atom. The van der Waals surface area contributed by atoms with Crippen LogP contribution in [-0.4, -0.2) is 43.8 Å². The number of morpholine rings is 1. The van der Waals surface area contributed by atoms with Crippen molar-refractivity contribution in [1.29, 1.82) is 0 Å². The van der Waals surface area contributed by atoms with Crippen LogP contribution < -0.4 is 16.5 Å². The first-order valence-corrected chi connectivity index (χ1v) is 6.47. The monoisotopic (exact) mass is 264 g/mol. The predicted molar refractivity (Wildman–Crippen MR) is 74.9 cm³/mol. The molecule has 2 rings (SSSR count). The molecule has 1 aliphatic heterocycles. The zero-order valence-electron chi connectivity index (χ0n) is 11.1. The minimum atomic E-state index is -0.0988. The quantitative estimate of drug-likeness (QED) is 0.697. The molecule has 0 atom stereocenters. The third-order valence-electron chi connectivity index (χ3n) is 2.92. The van der Waals surface area contributed by atoms with Crippen molar-refractivity contribution in [2.75, 3.05) is 44.0 Å². The standard InChI is InChI=1S/C13H20N4O2/c1-2-15-13(18)11-4-3-10(14)9-12(11)16-17-5-7-19-8-6-17/h3-4,9,16H,2,5-8,14H2,1H3,(H,15,18). The van der Waals surface area contributed by atoms with Crippen LogP contribution in [0.1, 0.15) is 17.3 Å². The lowest BCUT2D eigenvalue weighted by molar-refractivity contribution is 0.0496. The molecule has 1 heterocycles. The summed E-state index contributed by atoms with van der Waals surface area (Å²) in [7, 11) is 0. The van der Waals surface area contributed by atoms with Crippen molar-refractivity contribution in [3.8, 4) is 0 Å². The average molecular weight is 264 g/mol. The van der Waals surface area contributed by atoms with Gasteiger partial charge in [0.2, 0.25) is 0 Å². The number of hydrogen-bond donors (Lipinski definition) is 3. The van der Waals surface area contributed by atoms with Crippen molar-refractivity contribution in [1.82, 2.24) is 10.3 Å². The summed E-state index contributed by atoms with van der Waals surface area (Å²) in [5.74, 6) is -0.0988. The van der Waals surface area contributed by atoms with Crippen LogP contribution in [0.4, 0.5) is 11.4 Å². The van der Waals surface area contributed by atoms with Crippen molar-refractivity contribution in [2.45, 2.75) is 6.92 Å². The Balaban J connectivity index is 2.16. The Bertz CT molecular complexity index is 444. The van der Waals surface area contributed by atoms with Gasteiger partial charge in [0.15, 0.2) is 0 Å². The lowest BCUT2D eigenvalue weighted by Crippen LogP contribution is -2.40. The molecule has 1 aliphatic rings. The number of hydrazine groups is 1. The number of rotatable bonds is 4. The van der Waals surface area contributed by atoms with E-state index in [2.05, 4.69) is 10.7 Å². The molecule has 0 saturated carbocycles. The van der Waals surface area contributed by atoms with E-state index in [9.17, 15) is 4.79 Å². The van der Waals surface area contributed by atoms with Gasteiger partial charge in [-0.2, -0.15) is 0 Å². The lowest BCUT2D eigenvalue weighted by atomic mass is 10.1. The fraction of sp³-hybridized carbons (Fsp3) is 0.462. The maximum atomic E-state index is 12.0. The average Bonchev–Trinajstić information content (AvgIpc) is 2.40. The van der Waals surface area contributed by atoms with Gasteiger partial charge in [0.1, 0.15) is 0 Å². The summed E-state index contributed by atoms with van der Waals surface area (Å²) in [4.78, 5) is 12.0. The number of carbonyl (C=O) groups is 1. The number of nitrogens with two attached hydrogens (primary N) is 1. The van der Waals surface area contributed by atoms with E-state index in [1.165, 1.54) is 0 Å². The highest BCUT2D eigenvalue weighted by Crippen LogP contribution is 2.20. The van der Waals surface area contributed by atoms with E-state index in [1.54, 1.807) is 18.2 Å². The van der Waals surface area contributed by atoms with Crippen molar-refractivity contribution < 1.29 is 9.53 Å². The van der Waals surface area contributed by atoms with Crippen LogP contribution in [0, 0.1) is 0 Å². The van der Waals surface area contributed by atoms with Gasteiger partial charge in [0.25, 0.3) is 5.91 Å². The molecule has 0 spiro atoms. The molecule has 1 saturated heterocycles. The summed E-state index contributed by atoms with van der Waals surface area (Å²) in [5.41, 5.74) is 11.0. The molecular weight excluding hydrogens is 244 g/mol. The molecule has 1 aromatic carbocycles. The Hall–Kier alpha value is -1.79. The fourth-order valence-electron chi connectivity index (χ4n) is 1.95. The number of hydrogen-bond acceptors (Lipinski definition) is 5. The van der Waals surface area contributed by atoms with Gasteiger partial charge in [-0.1, -0.05) is 0 Å². The largest absolute Gasteiger partial charge is 0.399 e. The van der Waals surface area contributed by atoms with Crippen molar-refractivity contribution in [3.05, 3.63) is 23.8 Å². The molecule has 6 nitrogen and oxygen atoms in total. The van der Waals surface area contributed by atoms with Crippen molar-refractivity contribution in [3.63, 3.8) is 0 Å². The van der Waals surface area contributed by atoms with Gasteiger partial charge in [-0.3, -0.25) is 4.79 Å². The highest BCUT2D eigenvalue weighted by Gasteiger charge is 2.15. The number of anilines is 2. The molecule has 0 unspecified atom stereocenters. The summed E-state index contributed by atoms with van der Waals surface area (Å²) < 4.78 is 5.29. The maximum absolute atomic E-state index is 12.0. The summed E-state index contributed by atoms with van der Waals surface area (Å²) in [6.07, 6.45) is 0. The number of nitrogen functional groups attached to an aromatic ring is 1. The number of amides is 1. The number of nitrogens with one attached hydrogen (secondary N) is 2. The molecular formula is C13H20N4O2. The Kier molecular flexibility index (Phi) is 4.59. The molecule has 6 heteroatoms. The number of nitrogens with zero attached hydrogens (tertiary/aromatic N) is 1. The van der Waals surface area contributed by atoms with E-state index in [-0.39, 0.29) is 5.91 Å². The Morgan fingerprint density at radius 3 is 2.84 bits per heavy atom. The smallest absolute Gasteiger partial charge is 0.253 e. The van der Waals surface area contributed by atoms with Crippen LogP contribution in [0.3, 0.4) is 0 Å². The van der Waals surface area contributed by atoms with Gasteiger partial charge < -0.3 is 21.2 Å². The summed E-state index contributed by atoms with van der Waals surface area (Å²) in [6, 6.07) is 5.25. The molecule has 19 heavy (non-hydrogen) atoms. The van der Waals surface area contributed by atoms with Crippen LogP contribution in [0.25, 0.3) is 0 Å². The van der Waals surface area contributed by atoms with E-state index in [0.29, 0.717) is 31.0 Å². The van der Waals surface area contributed by atoms with Crippen LogP contribution in [0.2, 0.25) is 0 Å². The highest BCUT2D eigenvalue weighted by atomic mass is 16.5. The highest BCUT2D eigenvalue weighted by molar-refractivity contribution is 6.00. The van der Waals surface area contributed by atoms with Gasteiger partial charge in [-0.25, -0.2) is 5.01 Å². The van der Waals surface area contributed by atoms with E-state index in [4.69, 9.17) is 10.5 Å². The topological polar surface area (TPSA) is 79.6 Å². The van der Waals surface area contributed by atoms with Gasteiger partial charge in [0, 0.05) is 25.3 Å². The van der Waals surface area contributed by atoms with Crippen LogP contribution in [0.5, 0.6) is 0 Å². The molecule has 1 amide bonds. The van der Waals surface area contributed by atoms with Crippen LogP contribution in [0.15, 0.2) is 18.2 Å². The van der Waals surface area contributed by atoms with Gasteiger partial charge in [-0.15, -0.1) is 0 Å². The molecule has 0 bridgehead atoms. The maximum Gasteiger partial charge on any atom is 0.253 e. The summed E-state index contributed by atoms with van der Waals surface area (Å²) in [5, 5.41) is 4.82. The van der Waals surface area contributed by atoms with Crippen LogP contribution >= 0.6 is 0 Å². The first-order valence-electron chi connectivity index (χ1n) is 6.47. The zero-order valence-corrected chi connectivity index (χ0v) is 11.1. The van der Waals surface area contributed by atoms with E-state index in [0.717, 1.165) is 18.8 Å². The first-order chi connectivity index (χ1) is 9.20. The number of carbonyl (C=O) groups excluding carboxylic acids is 1. The van der Waals surface area contributed by atoms with Gasteiger partial charge >= 0.3 is 0 Å². The number of ether oxygens (including phenoxy) is 1. The van der Waals surface area contributed by atoms with Gasteiger partial charge in [0.05, 0.1) is 24.5 Å². The molecule has 0 aromatic heterocycles. The molecule has 0 radical (unpaired) electrons. The summed E-state index contributed by atoms with van der Waals surface area (Å²) >= 11 is 0. The zero-order chi connectivity index (χ0) is 13.7. The summed E-state index contributed by atoms with van der Waals surface area (Å²) in [6.45, 7) is 5.43. The molecule has 1 fully saturated rings. The van der Waals surface area contributed by atoms with Crippen molar-refractivity contribution >= 4 is 17.3 Å². The first kappa shape index (κ1) is 13.6. The van der Waals surface area contributed by atoms with E-state index in [1.807, 2.05) is 11.9 Å².